The van der Waals surface area contributed by atoms with Crippen molar-refractivity contribution in [1.82, 2.24) is 5.32 Å². The van der Waals surface area contributed by atoms with Crippen LogP contribution in [0.15, 0.2) is 60.7 Å². The molecule has 0 bridgehead atoms. The van der Waals surface area contributed by atoms with Crippen LogP contribution in [0.5, 0.6) is 0 Å². The van der Waals surface area contributed by atoms with E-state index in [0.717, 1.165) is 12.8 Å². The molecule has 3 N–H and O–H groups in total. The maximum Gasteiger partial charge on any atom is 0.407 e. The number of rotatable bonds is 5. The Bertz CT molecular complexity index is 907. The van der Waals surface area contributed by atoms with E-state index in [1.54, 1.807) is 0 Å². The molecule has 2 fully saturated rings. The maximum atomic E-state index is 11.8. The minimum Gasteiger partial charge on any atom is -0.441 e. The molecule has 1 amide bonds. The van der Waals surface area contributed by atoms with Crippen molar-refractivity contribution >= 4 is 24.8 Å². The lowest BCUT2D eigenvalue weighted by atomic mass is 9.67. The van der Waals surface area contributed by atoms with Crippen molar-refractivity contribution in [1.29, 1.82) is 0 Å². The smallest absolute Gasteiger partial charge is 0.407 e. The standard InChI is InChI=1S/C26H36N2O3Si/c1-24(2,3)32(20-11-7-5-8-12-20,21-13-9-6-10-14-21)31-22-15-16-26(17-25(22,4)18-27)19-28-23(29)30-26/h5-14,22H,15-19,27H2,1-4H3,(H,28,29)/t22-,25+,26+/m1/s1. The Balaban J connectivity index is 1.79. The van der Waals surface area contributed by atoms with Crippen LogP contribution >= 0.6 is 0 Å². The molecular weight excluding hydrogens is 416 g/mol. The third-order valence-electron chi connectivity index (χ3n) is 7.43. The number of hydrogen-bond donors (Lipinski definition) is 2. The summed E-state index contributed by atoms with van der Waals surface area (Å²) in [5.41, 5.74) is 5.62. The normalized spacial score (nSPS) is 28.4. The Labute approximate surface area is 192 Å². The van der Waals surface area contributed by atoms with Crippen LogP contribution in [-0.2, 0) is 9.16 Å². The van der Waals surface area contributed by atoms with Gasteiger partial charge in [0.2, 0.25) is 0 Å². The molecule has 1 aliphatic carbocycles. The average molecular weight is 453 g/mol. The van der Waals surface area contributed by atoms with Gasteiger partial charge >= 0.3 is 6.09 Å². The highest BCUT2D eigenvalue weighted by atomic mass is 28.4. The number of carbonyl (C=O) groups is 1. The number of benzene rings is 2. The maximum absolute atomic E-state index is 11.8. The van der Waals surface area contributed by atoms with Gasteiger partial charge in [0.1, 0.15) is 5.60 Å². The number of ether oxygens (including phenoxy) is 1. The first kappa shape index (κ1) is 23.0. The summed E-state index contributed by atoms with van der Waals surface area (Å²) in [6, 6.07) is 21.4. The Kier molecular flexibility index (Phi) is 5.99. The van der Waals surface area contributed by atoms with E-state index in [-0.39, 0.29) is 22.7 Å². The summed E-state index contributed by atoms with van der Waals surface area (Å²) >= 11 is 0. The van der Waals surface area contributed by atoms with E-state index in [4.69, 9.17) is 14.9 Å². The fourth-order valence-corrected chi connectivity index (χ4v) is 10.6. The van der Waals surface area contributed by atoms with E-state index in [0.29, 0.717) is 19.5 Å². The Morgan fingerprint density at radius 1 is 1.09 bits per heavy atom. The molecule has 6 heteroatoms. The minimum absolute atomic E-state index is 0.0243. The molecule has 172 valence electrons. The van der Waals surface area contributed by atoms with Crippen LogP contribution in [0.4, 0.5) is 4.79 Å². The molecule has 2 aromatic rings. The van der Waals surface area contributed by atoms with Gasteiger partial charge in [0.25, 0.3) is 8.32 Å². The van der Waals surface area contributed by atoms with Crippen molar-refractivity contribution in [2.75, 3.05) is 13.1 Å². The van der Waals surface area contributed by atoms with E-state index >= 15 is 0 Å². The zero-order chi connectivity index (χ0) is 23.0. The topological polar surface area (TPSA) is 73.6 Å². The van der Waals surface area contributed by atoms with Gasteiger partial charge in [-0.05, 0) is 34.7 Å². The van der Waals surface area contributed by atoms with E-state index < -0.39 is 13.9 Å². The first-order valence-electron chi connectivity index (χ1n) is 11.6. The number of carbonyl (C=O) groups excluding carboxylic acids is 1. The molecule has 1 saturated carbocycles. The monoisotopic (exact) mass is 452 g/mol. The van der Waals surface area contributed by atoms with Crippen LogP contribution in [0.3, 0.4) is 0 Å². The molecule has 2 aliphatic rings. The van der Waals surface area contributed by atoms with Crippen LogP contribution in [-0.4, -0.2) is 39.2 Å². The Morgan fingerprint density at radius 3 is 2.09 bits per heavy atom. The van der Waals surface area contributed by atoms with Crippen LogP contribution in [0.1, 0.15) is 47.0 Å². The fourth-order valence-electron chi connectivity index (χ4n) is 5.73. The van der Waals surface area contributed by atoms with Crippen molar-refractivity contribution in [2.45, 2.75) is 63.7 Å². The molecule has 2 aromatic carbocycles. The predicted molar refractivity (Wildman–Crippen MR) is 131 cm³/mol. The van der Waals surface area contributed by atoms with Gasteiger partial charge in [0.15, 0.2) is 0 Å². The molecule has 4 rings (SSSR count). The van der Waals surface area contributed by atoms with Crippen molar-refractivity contribution in [3.8, 4) is 0 Å². The van der Waals surface area contributed by atoms with Gasteiger partial charge in [-0.3, -0.25) is 0 Å². The van der Waals surface area contributed by atoms with Crippen molar-refractivity contribution in [2.24, 2.45) is 11.1 Å². The Morgan fingerprint density at radius 2 is 1.66 bits per heavy atom. The summed E-state index contributed by atoms with van der Waals surface area (Å²) in [5, 5.41) is 5.29. The highest BCUT2D eigenvalue weighted by Gasteiger charge is 2.57. The molecule has 0 aromatic heterocycles. The summed E-state index contributed by atoms with van der Waals surface area (Å²) in [6.45, 7) is 10.1. The summed E-state index contributed by atoms with van der Waals surface area (Å²) in [5.74, 6) is 0. The third kappa shape index (κ3) is 3.89. The molecule has 1 aliphatic heterocycles. The van der Waals surface area contributed by atoms with Gasteiger partial charge in [-0.2, -0.15) is 0 Å². The lowest BCUT2D eigenvalue weighted by molar-refractivity contribution is -0.0778. The van der Waals surface area contributed by atoms with Gasteiger partial charge in [0.05, 0.1) is 12.6 Å². The van der Waals surface area contributed by atoms with E-state index in [2.05, 4.69) is 93.7 Å². The van der Waals surface area contributed by atoms with Gasteiger partial charge in [0, 0.05) is 12.0 Å². The molecule has 32 heavy (non-hydrogen) atoms. The SMILES string of the molecule is CC(C)(C)[Si](O[C@@H]1CC[C@@]2(CNC(=O)O2)C[C@@]1(C)CN)(c1ccccc1)c1ccccc1. The van der Waals surface area contributed by atoms with Crippen molar-refractivity contribution in [3.05, 3.63) is 60.7 Å². The fraction of sp³-hybridized carbons (Fsp3) is 0.500. The highest BCUT2D eigenvalue weighted by molar-refractivity contribution is 6.99. The molecule has 0 radical (unpaired) electrons. The average Bonchev–Trinajstić information content (AvgIpc) is 3.13. The predicted octanol–water partition coefficient (Wildman–Crippen LogP) is 3.56. The van der Waals surface area contributed by atoms with E-state index in [9.17, 15) is 4.79 Å². The van der Waals surface area contributed by atoms with Crippen LogP contribution in [0.25, 0.3) is 0 Å². The van der Waals surface area contributed by atoms with E-state index in [1.807, 2.05) is 0 Å². The largest absolute Gasteiger partial charge is 0.441 e. The number of amides is 1. The zero-order valence-electron chi connectivity index (χ0n) is 19.7. The highest BCUT2D eigenvalue weighted by Crippen LogP contribution is 2.48. The first-order chi connectivity index (χ1) is 15.1. The molecule has 5 nitrogen and oxygen atoms in total. The number of alkyl carbamates (subject to hydrolysis) is 1. The lowest BCUT2D eigenvalue weighted by Crippen LogP contribution is -2.70. The quantitative estimate of drug-likeness (QED) is 0.681. The lowest BCUT2D eigenvalue weighted by Gasteiger charge is -2.53. The molecule has 1 heterocycles. The third-order valence-corrected chi connectivity index (χ3v) is 12.5. The van der Waals surface area contributed by atoms with Gasteiger partial charge in [-0.1, -0.05) is 88.4 Å². The molecule has 1 spiro atoms. The summed E-state index contributed by atoms with van der Waals surface area (Å²) < 4.78 is 13.2. The Hall–Kier alpha value is -2.15. The second-order valence-corrected chi connectivity index (χ2v) is 15.0. The summed E-state index contributed by atoms with van der Waals surface area (Å²) in [6.07, 6.45) is 1.95. The first-order valence-corrected chi connectivity index (χ1v) is 13.5. The van der Waals surface area contributed by atoms with Gasteiger partial charge in [-0.25, -0.2) is 4.79 Å². The number of hydrogen-bond acceptors (Lipinski definition) is 4. The second kappa shape index (κ2) is 8.32. The van der Waals surface area contributed by atoms with Gasteiger partial charge in [-0.15, -0.1) is 0 Å². The molecular formula is C26H36N2O3Si. The van der Waals surface area contributed by atoms with Crippen LogP contribution in [0.2, 0.25) is 5.04 Å². The van der Waals surface area contributed by atoms with Gasteiger partial charge < -0.3 is 20.2 Å². The van der Waals surface area contributed by atoms with E-state index in [1.165, 1.54) is 10.4 Å². The van der Waals surface area contributed by atoms with Crippen LogP contribution in [0, 0.1) is 5.41 Å². The second-order valence-electron chi connectivity index (χ2n) is 10.8. The minimum atomic E-state index is -2.69. The molecule has 1 saturated heterocycles. The number of nitrogens with one attached hydrogen (secondary N) is 1. The number of nitrogens with two attached hydrogens (primary N) is 1. The zero-order valence-corrected chi connectivity index (χ0v) is 20.7. The summed E-state index contributed by atoms with van der Waals surface area (Å²) in [4.78, 5) is 11.8. The van der Waals surface area contributed by atoms with Crippen molar-refractivity contribution in [3.63, 3.8) is 0 Å². The summed E-state index contributed by atoms with van der Waals surface area (Å²) in [7, 11) is -2.69. The molecule has 0 unspecified atom stereocenters. The molecule has 3 atom stereocenters. The van der Waals surface area contributed by atoms with Crippen molar-refractivity contribution < 1.29 is 14.0 Å². The van der Waals surface area contributed by atoms with Crippen LogP contribution < -0.4 is 21.4 Å².